The molecule has 0 radical (unpaired) electrons. The molecule has 168 valence electrons. The van der Waals surface area contributed by atoms with Crippen molar-refractivity contribution in [3.8, 4) is 17.1 Å². The van der Waals surface area contributed by atoms with Crippen molar-refractivity contribution in [2.45, 2.75) is 19.0 Å². The fourth-order valence-corrected chi connectivity index (χ4v) is 4.32. The molecule has 5 nitrogen and oxygen atoms in total. The minimum absolute atomic E-state index is 0.143. The average Bonchev–Trinajstić information content (AvgIpc) is 3.21. The largest absolute Gasteiger partial charge is 0.325 e. The number of aromatic nitrogens is 3. The van der Waals surface area contributed by atoms with Gasteiger partial charge in [0.25, 0.3) is 0 Å². The molecule has 0 fully saturated rings. The Morgan fingerprint density at radius 1 is 0.909 bits per heavy atom. The number of halogens is 3. The van der Waals surface area contributed by atoms with Gasteiger partial charge in [-0.3, -0.25) is 9.36 Å². The number of amides is 1. The van der Waals surface area contributed by atoms with Gasteiger partial charge in [0.1, 0.15) is 0 Å². The first-order chi connectivity index (χ1) is 15.8. The number of rotatable bonds is 6. The van der Waals surface area contributed by atoms with Crippen molar-refractivity contribution in [2.24, 2.45) is 0 Å². The molecule has 33 heavy (non-hydrogen) atoms. The molecule has 1 aromatic heterocycles. The fourth-order valence-electron chi connectivity index (χ4n) is 3.15. The maximum Gasteiger partial charge on any atom is 0.234 e. The van der Waals surface area contributed by atoms with Gasteiger partial charge in [-0.05, 0) is 79.6 Å². The van der Waals surface area contributed by atoms with E-state index in [-0.39, 0.29) is 11.7 Å². The molecule has 0 aliphatic heterocycles. The zero-order chi connectivity index (χ0) is 23.5. The third-order valence-electron chi connectivity index (χ3n) is 5.02. The smallest absolute Gasteiger partial charge is 0.234 e. The highest BCUT2D eigenvalue weighted by molar-refractivity contribution is 7.99. The van der Waals surface area contributed by atoms with Crippen LogP contribution in [0.5, 0.6) is 0 Å². The van der Waals surface area contributed by atoms with Crippen LogP contribution in [0.25, 0.3) is 17.1 Å². The molecular weight excluding hydrogens is 499 g/mol. The molecule has 0 atom stereocenters. The number of hydrogen-bond acceptors (Lipinski definition) is 4. The Morgan fingerprint density at radius 2 is 1.67 bits per heavy atom. The summed E-state index contributed by atoms with van der Waals surface area (Å²) in [4.78, 5) is 12.6. The summed E-state index contributed by atoms with van der Waals surface area (Å²) in [5, 5.41) is 13.7. The topological polar surface area (TPSA) is 59.8 Å². The Bertz CT molecular complexity index is 1320. The van der Waals surface area contributed by atoms with Gasteiger partial charge in [0.05, 0.1) is 21.5 Å². The molecular formula is C24H19Cl3N4OS. The molecule has 4 rings (SSSR count). The molecule has 1 heterocycles. The van der Waals surface area contributed by atoms with Gasteiger partial charge in [-0.2, -0.15) is 0 Å². The molecule has 3 aromatic carbocycles. The molecule has 4 aromatic rings. The van der Waals surface area contributed by atoms with Crippen LogP contribution in [0.1, 0.15) is 11.1 Å². The Balaban J connectivity index is 1.62. The molecule has 0 aliphatic carbocycles. The zero-order valence-electron chi connectivity index (χ0n) is 17.8. The van der Waals surface area contributed by atoms with Crippen LogP contribution in [0.3, 0.4) is 0 Å². The van der Waals surface area contributed by atoms with Crippen molar-refractivity contribution < 1.29 is 4.79 Å². The van der Waals surface area contributed by atoms with E-state index in [4.69, 9.17) is 34.8 Å². The van der Waals surface area contributed by atoms with E-state index in [2.05, 4.69) is 41.5 Å². The summed E-state index contributed by atoms with van der Waals surface area (Å²) in [6.07, 6.45) is 0. The number of nitrogens with zero attached hydrogens (tertiary/aromatic N) is 3. The first-order valence-corrected chi connectivity index (χ1v) is 12.1. The predicted octanol–water partition coefficient (Wildman–Crippen LogP) is 7.24. The van der Waals surface area contributed by atoms with Crippen LogP contribution >= 0.6 is 46.6 Å². The molecule has 0 spiro atoms. The van der Waals surface area contributed by atoms with Crippen LogP contribution in [-0.2, 0) is 4.79 Å². The number of thioether (sulfide) groups is 1. The van der Waals surface area contributed by atoms with Crippen molar-refractivity contribution in [3.05, 3.63) is 86.9 Å². The quantitative estimate of drug-likeness (QED) is 0.274. The highest BCUT2D eigenvalue weighted by Gasteiger charge is 2.18. The SMILES string of the molecule is Cc1ccc(-n2c(SCC(=O)Nc3ccc(Cl)c(Cl)c3)nnc2-c2ccc(Cl)cc2)cc1C. The van der Waals surface area contributed by atoms with Gasteiger partial charge in [0, 0.05) is 16.3 Å². The Morgan fingerprint density at radius 3 is 2.36 bits per heavy atom. The van der Waals surface area contributed by atoms with Crippen LogP contribution in [-0.4, -0.2) is 26.4 Å². The maximum atomic E-state index is 12.6. The Kier molecular flexibility index (Phi) is 7.29. The van der Waals surface area contributed by atoms with Crippen LogP contribution in [0.2, 0.25) is 15.1 Å². The van der Waals surface area contributed by atoms with E-state index in [1.807, 2.05) is 34.9 Å². The minimum Gasteiger partial charge on any atom is -0.325 e. The summed E-state index contributed by atoms with van der Waals surface area (Å²) in [7, 11) is 0. The predicted molar refractivity (Wildman–Crippen MR) is 137 cm³/mol. The van der Waals surface area contributed by atoms with E-state index in [0.29, 0.717) is 31.7 Å². The van der Waals surface area contributed by atoms with Gasteiger partial charge in [-0.1, -0.05) is 52.6 Å². The lowest BCUT2D eigenvalue weighted by Crippen LogP contribution is -2.14. The summed E-state index contributed by atoms with van der Waals surface area (Å²) >= 11 is 19.3. The lowest BCUT2D eigenvalue weighted by Gasteiger charge is -2.12. The molecule has 0 bridgehead atoms. The molecule has 1 amide bonds. The number of benzene rings is 3. The molecule has 0 saturated carbocycles. The zero-order valence-corrected chi connectivity index (χ0v) is 20.9. The third-order valence-corrected chi connectivity index (χ3v) is 6.94. The van der Waals surface area contributed by atoms with E-state index < -0.39 is 0 Å². The lowest BCUT2D eigenvalue weighted by molar-refractivity contribution is -0.113. The van der Waals surface area contributed by atoms with Gasteiger partial charge < -0.3 is 5.32 Å². The van der Waals surface area contributed by atoms with E-state index >= 15 is 0 Å². The first kappa shape index (κ1) is 23.6. The number of anilines is 1. The number of hydrogen-bond donors (Lipinski definition) is 1. The van der Waals surface area contributed by atoms with Gasteiger partial charge >= 0.3 is 0 Å². The van der Waals surface area contributed by atoms with Crippen molar-refractivity contribution in [1.29, 1.82) is 0 Å². The van der Waals surface area contributed by atoms with E-state index in [1.54, 1.807) is 18.2 Å². The monoisotopic (exact) mass is 516 g/mol. The standard InChI is InChI=1S/C24H19Cl3N4OS/c1-14-3-9-19(11-15(14)2)31-23(16-4-6-17(25)7-5-16)29-30-24(31)33-13-22(32)28-18-8-10-20(26)21(27)12-18/h3-12H,13H2,1-2H3,(H,28,32). The van der Waals surface area contributed by atoms with Gasteiger partial charge in [0.2, 0.25) is 5.91 Å². The second-order valence-electron chi connectivity index (χ2n) is 7.38. The van der Waals surface area contributed by atoms with Crippen LogP contribution in [0, 0.1) is 13.8 Å². The third kappa shape index (κ3) is 5.53. The molecule has 9 heteroatoms. The summed E-state index contributed by atoms with van der Waals surface area (Å²) < 4.78 is 1.95. The minimum atomic E-state index is -0.193. The highest BCUT2D eigenvalue weighted by atomic mass is 35.5. The number of nitrogens with one attached hydrogen (secondary N) is 1. The Hall–Kier alpha value is -2.51. The highest BCUT2D eigenvalue weighted by Crippen LogP contribution is 2.30. The fraction of sp³-hybridized carbons (Fsp3) is 0.125. The normalized spacial score (nSPS) is 10.9. The van der Waals surface area contributed by atoms with E-state index in [1.165, 1.54) is 17.3 Å². The summed E-state index contributed by atoms with van der Waals surface area (Å²) in [6, 6.07) is 18.5. The average molecular weight is 518 g/mol. The molecule has 0 saturated heterocycles. The first-order valence-electron chi connectivity index (χ1n) is 9.98. The molecule has 1 N–H and O–H groups in total. The van der Waals surface area contributed by atoms with Gasteiger partial charge in [0.15, 0.2) is 11.0 Å². The number of aryl methyl sites for hydroxylation is 2. The van der Waals surface area contributed by atoms with Gasteiger partial charge in [-0.15, -0.1) is 10.2 Å². The summed E-state index contributed by atoms with van der Waals surface area (Å²) in [5.74, 6) is 0.618. The summed E-state index contributed by atoms with van der Waals surface area (Å²) in [5.41, 5.74) is 4.71. The van der Waals surface area contributed by atoms with Crippen molar-refractivity contribution in [1.82, 2.24) is 14.8 Å². The van der Waals surface area contributed by atoms with Crippen molar-refractivity contribution >= 4 is 58.2 Å². The second-order valence-corrected chi connectivity index (χ2v) is 9.58. The molecule has 0 aliphatic rings. The second kappa shape index (κ2) is 10.2. The van der Waals surface area contributed by atoms with Crippen molar-refractivity contribution in [2.75, 3.05) is 11.1 Å². The van der Waals surface area contributed by atoms with Gasteiger partial charge in [-0.25, -0.2) is 0 Å². The van der Waals surface area contributed by atoms with Crippen molar-refractivity contribution in [3.63, 3.8) is 0 Å². The molecule has 0 unspecified atom stereocenters. The number of carbonyl (C=O) groups is 1. The summed E-state index contributed by atoms with van der Waals surface area (Å²) in [6.45, 7) is 4.12. The van der Waals surface area contributed by atoms with Crippen LogP contribution in [0.4, 0.5) is 5.69 Å². The van der Waals surface area contributed by atoms with Crippen LogP contribution in [0.15, 0.2) is 65.8 Å². The number of carbonyl (C=O) groups excluding carboxylic acids is 1. The van der Waals surface area contributed by atoms with E-state index in [0.717, 1.165) is 16.8 Å². The maximum absolute atomic E-state index is 12.6. The van der Waals surface area contributed by atoms with Crippen LogP contribution < -0.4 is 5.32 Å². The lowest BCUT2D eigenvalue weighted by atomic mass is 10.1. The Labute approximate surface area is 211 Å². The van der Waals surface area contributed by atoms with E-state index in [9.17, 15) is 4.79 Å².